The summed E-state index contributed by atoms with van der Waals surface area (Å²) in [6.45, 7) is 3.42. The number of halogens is 1. The number of rotatable bonds is 3. The van der Waals surface area contributed by atoms with Crippen LogP contribution in [0.1, 0.15) is 32.6 Å². The van der Waals surface area contributed by atoms with E-state index in [9.17, 15) is 0 Å². The Kier molecular flexibility index (Phi) is 4.25. The molecule has 2 nitrogen and oxygen atoms in total. The molecule has 106 valence electrons. The topological polar surface area (TPSA) is 24.9 Å². The maximum atomic E-state index is 4.52. The third-order valence-electron chi connectivity index (χ3n) is 4.45. The molecule has 0 bridgehead atoms. The smallest absolute Gasteiger partial charge is 0.133 e. The summed E-state index contributed by atoms with van der Waals surface area (Å²) >= 11 is 3.61. The number of pyridine rings is 1. The quantitative estimate of drug-likeness (QED) is 0.831. The molecule has 1 aromatic carbocycles. The second-order valence-corrected chi connectivity index (χ2v) is 6.86. The van der Waals surface area contributed by atoms with E-state index >= 15 is 0 Å². The van der Waals surface area contributed by atoms with Gasteiger partial charge in [-0.1, -0.05) is 47.8 Å². The van der Waals surface area contributed by atoms with Crippen molar-refractivity contribution >= 4 is 32.5 Å². The summed E-state index contributed by atoms with van der Waals surface area (Å²) in [5.74, 6) is 2.73. The fourth-order valence-electron chi connectivity index (χ4n) is 3.08. The number of benzene rings is 1. The second-order valence-electron chi connectivity index (χ2n) is 6.00. The van der Waals surface area contributed by atoms with E-state index in [1.807, 2.05) is 6.20 Å². The number of fused-ring (bicyclic) bond motifs is 1. The van der Waals surface area contributed by atoms with Crippen molar-refractivity contribution in [3.05, 3.63) is 34.9 Å². The third-order valence-corrected chi connectivity index (χ3v) is 5.14. The second kappa shape index (κ2) is 6.13. The number of hydrogen-bond acceptors (Lipinski definition) is 2. The lowest BCUT2D eigenvalue weighted by Gasteiger charge is -2.26. The molecule has 1 aromatic heterocycles. The Morgan fingerprint density at radius 1 is 1.15 bits per heavy atom. The van der Waals surface area contributed by atoms with Crippen LogP contribution < -0.4 is 5.32 Å². The third kappa shape index (κ3) is 2.98. The summed E-state index contributed by atoms with van der Waals surface area (Å²) in [4.78, 5) is 4.52. The van der Waals surface area contributed by atoms with E-state index in [1.54, 1.807) is 0 Å². The van der Waals surface area contributed by atoms with Crippen molar-refractivity contribution in [3.8, 4) is 0 Å². The monoisotopic (exact) mass is 332 g/mol. The van der Waals surface area contributed by atoms with Gasteiger partial charge in [0.15, 0.2) is 0 Å². The van der Waals surface area contributed by atoms with E-state index in [0.717, 1.165) is 28.7 Å². The first-order chi connectivity index (χ1) is 9.74. The Bertz CT molecular complexity index is 589. The highest BCUT2D eigenvalue weighted by atomic mass is 79.9. The molecule has 0 unspecified atom stereocenters. The van der Waals surface area contributed by atoms with Gasteiger partial charge in [-0.2, -0.15) is 0 Å². The molecule has 0 saturated heterocycles. The van der Waals surface area contributed by atoms with Crippen molar-refractivity contribution in [1.29, 1.82) is 0 Å². The highest BCUT2D eigenvalue weighted by molar-refractivity contribution is 9.10. The van der Waals surface area contributed by atoms with Gasteiger partial charge in [0.2, 0.25) is 0 Å². The van der Waals surface area contributed by atoms with E-state index in [0.29, 0.717) is 0 Å². The first-order valence-corrected chi connectivity index (χ1v) is 8.30. The molecular weight excluding hydrogens is 312 g/mol. The fraction of sp³-hybridized carbons (Fsp3) is 0.471. The maximum Gasteiger partial charge on any atom is 0.133 e. The average Bonchev–Trinajstić information content (AvgIpc) is 2.47. The predicted octanol–water partition coefficient (Wildman–Crippen LogP) is 5.24. The predicted molar refractivity (Wildman–Crippen MR) is 89.1 cm³/mol. The van der Waals surface area contributed by atoms with Crippen LogP contribution in [0.25, 0.3) is 10.8 Å². The molecule has 1 N–H and O–H groups in total. The Hall–Kier alpha value is -1.09. The number of nitrogens with one attached hydrogen (secondary N) is 1. The molecule has 0 aliphatic heterocycles. The van der Waals surface area contributed by atoms with Gasteiger partial charge in [-0.3, -0.25) is 0 Å². The van der Waals surface area contributed by atoms with E-state index < -0.39 is 0 Å². The van der Waals surface area contributed by atoms with Crippen molar-refractivity contribution in [2.24, 2.45) is 11.8 Å². The van der Waals surface area contributed by atoms with Crippen LogP contribution in [0.15, 0.2) is 34.9 Å². The Balaban J connectivity index is 1.73. The molecule has 1 aliphatic rings. The molecule has 20 heavy (non-hydrogen) atoms. The largest absolute Gasteiger partial charge is 0.369 e. The van der Waals surface area contributed by atoms with Crippen molar-refractivity contribution in [2.75, 3.05) is 11.9 Å². The van der Waals surface area contributed by atoms with Gasteiger partial charge in [0, 0.05) is 28.0 Å². The molecule has 2 aromatic rings. The zero-order valence-electron chi connectivity index (χ0n) is 11.9. The molecule has 1 heterocycles. The fourth-order valence-corrected chi connectivity index (χ4v) is 3.58. The van der Waals surface area contributed by atoms with Crippen molar-refractivity contribution in [1.82, 2.24) is 4.98 Å². The summed E-state index contributed by atoms with van der Waals surface area (Å²) in [6.07, 6.45) is 7.34. The van der Waals surface area contributed by atoms with Gasteiger partial charge >= 0.3 is 0 Å². The molecule has 0 radical (unpaired) electrons. The lowest BCUT2D eigenvalue weighted by molar-refractivity contribution is 0.300. The normalized spacial score (nSPS) is 22.9. The average molecular weight is 333 g/mol. The number of nitrogens with zero attached hydrogens (tertiary/aromatic N) is 1. The standard InChI is InChI=1S/C17H21BrN2/c1-12-5-7-13(8-6-12)11-20-17-15-3-2-4-16(18)14(15)9-10-19-17/h2-4,9-10,12-13H,5-8,11H2,1H3,(H,19,20). The minimum atomic E-state index is 0.801. The van der Waals surface area contributed by atoms with Crippen LogP contribution in [0.3, 0.4) is 0 Å². The molecule has 3 heteroatoms. The molecule has 1 fully saturated rings. The first-order valence-electron chi connectivity index (χ1n) is 7.51. The maximum absolute atomic E-state index is 4.52. The number of anilines is 1. The van der Waals surface area contributed by atoms with Crippen molar-refractivity contribution in [2.45, 2.75) is 32.6 Å². The van der Waals surface area contributed by atoms with Crippen molar-refractivity contribution < 1.29 is 0 Å². The number of hydrogen-bond donors (Lipinski definition) is 1. The lowest BCUT2D eigenvalue weighted by Crippen LogP contribution is -2.20. The van der Waals surface area contributed by atoms with Crippen LogP contribution in [0.2, 0.25) is 0 Å². The minimum absolute atomic E-state index is 0.801. The van der Waals surface area contributed by atoms with Crippen LogP contribution in [-0.4, -0.2) is 11.5 Å². The van der Waals surface area contributed by atoms with Gasteiger partial charge in [0.1, 0.15) is 5.82 Å². The Labute approximate surface area is 129 Å². The van der Waals surface area contributed by atoms with E-state index in [1.165, 1.54) is 36.5 Å². The van der Waals surface area contributed by atoms with Crippen molar-refractivity contribution in [3.63, 3.8) is 0 Å². The molecule has 0 atom stereocenters. The summed E-state index contributed by atoms with van der Waals surface area (Å²) in [7, 11) is 0. The first kappa shape index (κ1) is 13.9. The van der Waals surface area contributed by atoms with Crippen LogP contribution in [0, 0.1) is 11.8 Å². The van der Waals surface area contributed by atoms with Gasteiger partial charge in [-0.15, -0.1) is 0 Å². The van der Waals surface area contributed by atoms with Gasteiger partial charge in [0.05, 0.1) is 0 Å². The van der Waals surface area contributed by atoms with E-state index in [4.69, 9.17) is 0 Å². The Morgan fingerprint density at radius 2 is 1.95 bits per heavy atom. The molecule has 0 spiro atoms. The van der Waals surface area contributed by atoms with Gasteiger partial charge in [-0.05, 0) is 36.8 Å². The SMILES string of the molecule is CC1CCC(CNc2nccc3c(Br)cccc23)CC1. The molecular formula is C17H21BrN2. The lowest BCUT2D eigenvalue weighted by atomic mass is 9.83. The minimum Gasteiger partial charge on any atom is -0.369 e. The van der Waals surface area contributed by atoms with Crippen LogP contribution in [0.4, 0.5) is 5.82 Å². The van der Waals surface area contributed by atoms with Gasteiger partial charge < -0.3 is 5.32 Å². The molecule has 1 saturated carbocycles. The molecule has 1 aliphatic carbocycles. The molecule has 3 rings (SSSR count). The highest BCUT2D eigenvalue weighted by Crippen LogP contribution is 2.30. The van der Waals surface area contributed by atoms with Crippen LogP contribution in [-0.2, 0) is 0 Å². The van der Waals surface area contributed by atoms with E-state index in [-0.39, 0.29) is 0 Å². The van der Waals surface area contributed by atoms with E-state index in [2.05, 4.69) is 57.4 Å². The van der Waals surface area contributed by atoms with Crippen LogP contribution in [0.5, 0.6) is 0 Å². The highest BCUT2D eigenvalue weighted by Gasteiger charge is 2.18. The zero-order valence-corrected chi connectivity index (χ0v) is 13.5. The summed E-state index contributed by atoms with van der Waals surface area (Å²) in [5.41, 5.74) is 0. The number of aromatic nitrogens is 1. The summed E-state index contributed by atoms with van der Waals surface area (Å²) < 4.78 is 1.13. The zero-order chi connectivity index (χ0) is 13.9. The summed E-state index contributed by atoms with van der Waals surface area (Å²) in [6, 6.07) is 8.35. The molecule has 0 amide bonds. The Morgan fingerprint density at radius 3 is 2.75 bits per heavy atom. The summed E-state index contributed by atoms with van der Waals surface area (Å²) in [5, 5.41) is 5.99. The van der Waals surface area contributed by atoms with Gasteiger partial charge in [0.25, 0.3) is 0 Å². The van der Waals surface area contributed by atoms with Crippen LogP contribution >= 0.6 is 15.9 Å². The van der Waals surface area contributed by atoms with Gasteiger partial charge in [-0.25, -0.2) is 4.98 Å².